The van der Waals surface area contributed by atoms with Crippen LogP contribution in [0.1, 0.15) is 24.8 Å². The van der Waals surface area contributed by atoms with Gasteiger partial charge in [-0.05, 0) is 30.9 Å². The first kappa shape index (κ1) is 26.6. The number of nitrogens with one attached hydrogen (secondary N) is 3. The number of hydrogen-bond acceptors (Lipinski definition) is 7. The predicted octanol–water partition coefficient (Wildman–Crippen LogP) is -1.45. The molecule has 4 atom stereocenters. The Kier molecular flexibility index (Phi) is 8.61. The molecule has 13 nitrogen and oxygen atoms in total. The minimum absolute atomic E-state index is 0.112. The molecule has 1 aromatic carbocycles. The Balaban J connectivity index is 1.70. The van der Waals surface area contributed by atoms with Gasteiger partial charge in [0.15, 0.2) is 0 Å². The molecule has 1 aliphatic rings. The van der Waals surface area contributed by atoms with Gasteiger partial charge in [0, 0.05) is 23.6 Å². The van der Waals surface area contributed by atoms with Crippen molar-refractivity contribution in [2.45, 2.75) is 49.9 Å². The van der Waals surface area contributed by atoms with Gasteiger partial charge in [-0.3, -0.25) is 19.2 Å². The number of aliphatic hydroxyl groups excluding tert-OH is 1. The van der Waals surface area contributed by atoms with Crippen molar-refractivity contribution in [3.05, 3.63) is 36.0 Å². The summed E-state index contributed by atoms with van der Waals surface area (Å²) in [4.78, 5) is 65.3. The number of aromatic nitrogens is 1. The van der Waals surface area contributed by atoms with Gasteiger partial charge in [0.25, 0.3) is 0 Å². The van der Waals surface area contributed by atoms with E-state index in [4.69, 9.17) is 15.9 Å². The Hall–Kier alpha value is -3.97. The summed E-state index contributed by atoms with van der Waals surface area (Å²) in [5, 5.41) is 33.0. The molecule has 2 heterocycles. The summed E-state index contributed by atoms with van der Waals surface area (Å²) in [5.41, 5.74) is 7.71. The Morgan fingerprint density at radius 1 is 1.11 bits per heavy atom. The van der Waals surface area contributed by atoms with Crippen LogP contribution in [0.3, 0.4) is 0 Å². The third-order valence-electron chi connectivity index (χ3n) is 6.08. The van der Waals surface area contributed by atoms with Gasteiger partial charge in [0.2, 0.25) is 17.7 Å². The van der Waals surface area contributed by atoms with E-state index in [2.05, 4.69) is 15.6 Å². The highest BCUT2D eigenvalue weighted by molar-refractivity contribution is 5.96. The number of rotatable bonds is 11. The van der Waals surface area contributed by atoms with Crippen LogP contribution in [0.15, 0.2) is 30.5 Å². The van der Waals surface area contributed by atoms with E-state index in [1.807, 2.05) is 24.3 Å². The molecule has 0 bridgehead atoms. The standard InChI is InChI=1S/C23H29N5O8/c24-14(8-12-10-25-15-5-2-1-4-13(12)15)20(32)26-16(9-19(30)31)22(34)28-7-3-6-18(28)21(33)27-17(11-29)23(35)36/h1-2,4-5,10,14,16-18,25,29H,3,6-9,11,24H2,(H,26,32)(H,27,33)(H,30,31)(H,35,36). The second-order valence-corrected chi connectivity index (χ2v) is 8.60. The quantitative estimate of drug-likeness (QED) is 0.191. The maximum atomic E-state index is 13.2. The molecule has 4 unspecified atom stereocenters. The van der Waals surface area contributed by atoms with Gasteiger partial charge in [-0.15, -0.1) is 0 Å². The van der Waals surface area contributed by atoms with E-state index in [-0.39, 0.29) is 19.4 Å². The van der Waals surface area contributed by atoms with Crippen molar-refractivity contribution in [1.82, 2.24) is 20.5 Å². The number of carboxylic acid groups (broad SMARTS) is 2. The van der Waals surface area contributed by atoms with Crippen LogP contribution in [0, 0.1) is 0 Å². The topological polar surface area (TPSA) is 215 Å². The number of benzene rings is 1. The molecule has 3 rings (SSSR count). The largest absolute Gasteiger partial charge is 0.481 e. The lowest BCUT2D eigenvalue weighted by molar-refractivity contribution is -0.147. The second kappa shape index (κ2) is 11.6. The molecule has 13 heteroatoms. The summed E-state index contributed by atoms with van der Waals surface area (Å²) in [6.07, 6.45) is 1.75. The molecular weight excluding hydrogens is 474 g/mol. The fraction of sp³-hybridized carbons (Fsp3) is 0.435. The molecule has 0 radical (unpaired) electrons. The smallest absolute Gasteiger partial charge is 0.328 e. The maximum Gasteiger partial charge on any atom is 0.328 e. The fourth-order valence-corrected chi connectivity index (χ4v) is 4.24. The van der Waals surface area contributed by atoms with Crippen molar-refractivity contribution in [2.24, 2.45) is 5.73 Å². The molecule has 1 fully saturated rings. The lowest BCUT2D eigenvalue weighted by Crippen LogP contribution is -2.57. The molecule has 3 amide bonds. The third-order valence-corrected chi connectivity index (χ3v) is 6.08. The van der Waals surface area contributed by atoms with Crippen LogP contribution < -0.4 is 16.4 Å². The first-order chi connectivity index (χ1) is 17.1. The minimum atomic E-state index is -1.55. The number of H-pyrrole nitrogens is 1. The Labute approximate surface area is 205 Å². The highest BCUT2D eigenvalue weighted by Gasteiger charge is 2.39. The number of nitrogens with two attached hydrogens (primary N) is 1. The lowest BCUT2D eigenvalue weighted by atomic mass is 10.0. The molecule has 194 valence electrons. The maximum absolute atomic E-state index is 13.2. The van der Waals surface area contributed by atoms with Crippen LogP contribution in [0.5, 0.6) is 0 Å². The number of aliphatic carboxylic acids is 2. The van der Waals surface area contributed by atoms with Gasteiger partial charge in [-0.1, -0.05) is 18.2 Å². The van der Waals surface area contributed by atoms with Crippen LogP contribution in [0.2, 0.25) is 0 Å². The SMILES string of the molecule is NC(Cc1c[nH]c2ccccc12)C(=O)NC(CC(=O)O)C(=O)N1CCCC1C(=O)NC(CO)C(=O)O. The Bertz CT molecular complexity index is 1150. The molecule has 36 heavy (non-hydrogen) atoms. The van der Waals surface area contributed by atoms with Crippen molar-refractivity contribution in [2.75, 3.05) is 13.2 Å². The van der Waals surface area contributed by atoms with Crippen molar-refractivity contribution >= 4 is 40.6 Å². The van der Waals surface area contributed by atoms with Crippen molar-refractivity contribution in [3.63, 3.8) is 0 Å². The average molecular weight is 504 g/mol. The molecule has 1 aliphatic heterocycles. The zero-order valence-corrected chi connectivity index (χ0v) is 19.3. The predicted molar refractivity (Wildman–Crippen MR) is 126 cm³/mol. The van der Waals surface area contributed by atoms with Gasteiger partial charge in [-0.2, -0.15) is 0 Å². The number of aliphatic hydroxyl groups is 1. The van der Waals surface area contributed by atoms with Gasteiger partial charge in [0.1, 0.15) is 18.1 Å². The first-order valence-corrected chi connectivity index (χ1v) is 11.4. The lowest BCUT2D eigenvalue weighted by Gasteiger charge is -2.29. The summed E-state index contributed by atoms with van der Waals surface area (Å²) in [5.74, 6) is -5.10. The summed E-state index contributed by atoms with van der Waals surface area (Å²) in [6, 6.07) is 2.26. The fourth-order valence-electron chi connectivity index (χ4n) is 4.24. The number of aromatic amines is 1. The average Bonchev–Trinajstić information content (AvgIpc) is 3.48. The molecule has 8 N–H and O–H groups in total. The van der Waals surface area contributed by atoms with E-state index in [9.17, 15) is 29.1 Å². The van der Waals surface area contributed by atoms with Gasteiger partial charge in [0.05, 0.1) is 19.1 Å². The molecule has 2 aromatic rings. The number of carboxylic acids is 2. The van der Waals surface area contributed by atoms with Gasteiger partial charge < -0.3 is 41.6 Å². The molecule has 0 spiro atoms. The zero-order chi connectivity index (χ0) is 26.4. The van der Waals surface area contributed by atoms with Crippen LogP contribution in [-0.2, 0) is 30.4 Å². The van der Waals surface area contributed by atoms with Crippen LogP contribution in [-0.4, -0.2) is 92.2 Å². The van der Waals surface area contributed by atoms with Gasteiger partial charge in [-0.25, -0.2) is 4.79 Å². The number of para-hydroxylation sites is 1. The summed E-state index contributed by atoms with van der Waals surface area (Å²) >= 11 is 0. The molecule has 0 saturated carbocycles. The van der Waals surface area contributed by atoms with E-state index in [1.165, 1.54) is 0 Å². The number of fused-ring (bicyclic) bond motifs is 1. The van der Waals surface area contributed by atoms with E-state index >= 15 is 0 Å². The van der Waals surface area contributed by atoms with Crippen molar-refractivity contribution < 1.29 is 39.3 Å². The number of likely N-dealkylation sites (tertiary alicyclic amines) is 1. The summed E-state index contributed by atoms with van der Waals surface area (Å²) in [7, 11) is 0. The Morgan fingerprint density at radius 2 is 1.83 bits per heavy atom. The van der Waals surface area contributed by atoms with E-state index in [0.29, 0.717) is 6.42 Å². The number of carbonyl (C=O) groups excluding carboxylic acids is 3. The van der Waals surface area contributed by atoms with Gasteiger partial charge >= 0.3 is 11.9 Å². The number of amides is 3. The number of carbonyl (C=O) groups is 5. The van der Waals surface area contributed by atoms with Crippen LogP contribution in [0.4, 0.5) is 0 Å². The van der Waals surface area contributed by atoms with E-state index in [1.54, 1.807) is 6.20 Å². The second-order valence-electron chi connectivity index (χ2n) is 8.60. The molecule has 1 saturated heterocycles. The number of nitrogens with zero attached hydrogens (tertiary/aromatic N) is 1. The third kappa shape index (κ3) is 6.17. The number of hydrogen-bond donors (Lipinski definition) is 7. The minimum Gasteiger partial charge on any atom is -0.481 e. The van der Waals surface area contributed by atoms with Crippen LogP contribution >= 0.6 is 0 Å². The van der Waals surface area contributed by atoms with Crippen molar-refractivity contribution in [1.29, 1.82) is 0 Å². The molecular formula is C23H29N5O8. The monoisotopic (exact) mass is 503 g/mol. The first-order valence-electron chi connectivity index (χ1n) is 11.4. The highest BCUT2D eigenvalue weighted by Crippen LogP contribution is 2.21. The molecule has 0 aliphatic carbocycles. The highest BCUT2D eigenvalue weighted by atomic mass is 16.4. The summed E-state index contributed by atoms with van der Waals surface area (Å²) < 4.78 is 0. The van der Waals surface area contributed by atoms with Crippen molar-refractivity contribution in [3.8, 4) is 0 Å². The normalized spacial score (nSPS) is 17.8. The van der Waals surface area contributed by atoms with E-state index in [0.717, 1.165) is 21.4 Å². The zero-order valence-electron chi connectivity index (χ0n) is 19.3. The van der Waals surface area contributed by atoms with E-state index < -0.39 is 66.9 Å². The Morgan fingerprint density at radius 3 is 2.50 bits per heavy atom. The van der Waals surface area contributed by atoms with Crippen LogP contribution in [0.25, 0.3) is 10.9 Å². The summed E-state index contributed by atoms with van der Waals surface area (Å²) in [6.45, 7) is -0.727. The molecule has 1 aromatic heterocycles.